The number of aliphatic hydroxyl groups is 1. The SMILES string of the molecule is CC(C)c1nc2c(c(C3=CCOCC3)c1[C@H](O)c1ccc(C(F)(F)F)cn1)C(O[Si](C)(C)C(C)(C)C)CC1(CCC1)C2. The molecule has 2 atom stereocenters. The van der Waals surface area contributed by atoms with Gasteiger partial charge in [-0.15, -0.1) is 0 Å². The van der Waals surface area contributed by atoms with Crippen molar-refractivity contribution in [3.05, 3.63) is 63.7 Å². The number of rotatable bonds is 6. The van der Waals surface area contributed by atoms with Gasteiger partial charge in [0.25, 0.3) is 0 Å². The van der Waals surface area contributed by atoms with Crippen LogP contribution in [-0.2, 0) is 21.8 Å². The Morgan fingerprint density at radius 1 is 1.14 bits per heavy atom. The number of pyridine rings is 2. The topological polar surface area (TPSA) is 64.5 Å². The predicted octanol–water partition coefficient (Wildman–Crippen LogP) is 8.68. The van der Waals surface area contributed by atoms with Gasteiger partial charge in [-0.3, -0.25) is 9.97 Å². The zero-order valence-electron chi connectivity index (χ0n) is 26.0. The Morgan fingerprint density at radius 2 is 1.86 bits per heavy atom. The molecular weight excluding hydrogens is 557 g/mol. The molecule has 1 spiro atoms. The van der Waals surface area contributed by atoms with E-state index in [-0.39, 0.29) is 28.2 Å². The highest BCUT2D eigenvalue weighted by molar-refractivity contribution is 6.74. The fourth-order valence-electron chi connectivity index (χ4n) is 6.48. The van der Waals surface area contributed by atoms with E-state index in [1.54, 1.807) is 0 Å². The maximum absolute atomic E-state index is 13.3. The summed E-state index contributed by atoms with van der Waals surface area (Å²) >= 11 is 0. The number of fused-ring (bicyclic) bond motifs is 1. The summed E-state index contributed by atoms with van der Waals surface area (Å²) in [5.41, 5.74) is 5.04. The van der Waals surface area contributed by atoms with E-state index in [9.17, 15) is 18.3 Å². The third-order valence-corrected chi connectivity index (χ3v) is 14.5. The van der Waals surface area contributed by atoms with E-state index < -0.39 is 26.2 Å². The molecule has 5 nitrogen and oxygen atoms in total. The van der Waals surface area contributed by atoms with Crippen molar-refractivity contribution in [2.45, 2.75) is 116 Å². The second-order valence-electron chi connectivity index (χ2n) is 14.3. The first-order valence-electron chi connectivity index (χ1n) is 15.3. The van der Waals surface area contributed by atoms with Gasteiger partial charge in [0.2, 0.25) is 0 Å². The lowest BCUT2D eigenvalue weighted by molar-refractivity contribution is -0.137. The molecule has 5 rings (SSSR count). The van der Waals surface area contributed by atoms with Crippen molar-refractivity contribution >= 4 is 13.9 Å². The molecule has 42 heavy (non-hydrogen) atoms. The van der Waals surface area contributed by atoms with Crippen molar-refractivity contribution in [1.29, 1.82) is 0 Å². The van der Waals surface area contributed by atoms with Crippen LogP contribution in [0.25, 0.3) is 5.57 Å². The minimum absolute atomic E-state index is 0.00723. The van der Waals surface area contributed by atoms with Crippen LogP contribution in [0.5, 0.6) is 0 Å². The average molecular weight is 603 g/mol. The van der Waals surface area contributed by atoms with Crippen LogP contribution in [0.2, 0.25) is 18.1 Å². The first-order valence-corrected chi connectivity index (χ1v) is 18.2. The Labute approximate surface area is 249 Å². The van der Waals surface area contributed by atoms with E-state index >= 15 is 0 Å². The van der Waals surface area contributed by atoms with Gasteiger partial charge >= 0.3 is 6.18 Å². The van der Waals surface area contributed by atoms with Gasteiger partial charge in [-0.1, -0.05) is 47.1 Å². The summed E-state index contributed by atoms with van der Waals surface area (Å²) in [7, 11) is -2.21. The van der Waals surface area contributed by atoms with Crippen LogP contribution >= 0.6 is 0 Å². The van der Waals surface area contributed by atoms with E-state index in [1.165, 1.54) is 12.5 Å². The molecule has 1 fully saturated rings. The quantitative estimate of drug-likeness (QED) is 0.335. The maximum atomic E-state index is 13.3. The molecule has 0 aromatic carbocycles. The van der Waals surface area contributed by atoms with Gasteiger partial charge in [0.1, 0.15) is 6.10 Å². The molecule has 3 aliphatic rings. The van der Waals surface area contributed by atoms with Crippen molar-refractivity contribution in [2.24, 2.45) is 5.41 Å². The Bertz CT molecular complexity index is 1340. The summed E-state index contributed by atoms with van der Waals surface area (Å²) < 4.78 is 52.9. The summed E-state index contributed by atoms with van der Waals surface area (Å²) in [5.74, 6) is -0.0207. The lowest BCUT2D eigenvalue weighted by Crippen LogP contribution is -2.46. The fourth-order valence-corrected chi connectivity index (χ4v) is 7.74. The Kier molecular flexibility index (Phi) is 8.31. The van der Waals surface area contributed by atoms with Gasteiger partial charge in [-0.05, 0) is 84.8 Å². The number of nitrogens with zero attached hydrogens (tertiary/aromatic N) is 2. The molecule has 1 unspecified atom stereocenters. The molecule has 3 heterocycles. The summed E-state index contributed by atoms with van der Waals surface area (Å²) in [6.07, 6.45) is 2.97. The predicted molar refractivity (Wildman–Crippen MR) is 161 cm³/mol. The molecular formula is C33H45F3N2O3Si. The Balaban J connectivity index is 1.75. The van der Waals surface area contributed by atoms with Crippen LogP contribution < -0.4 is 0 Å². The van der Waals surface area contributed by atoms with Gasteiger partial charge in [0.15, 0.2) is 8.32 Å². The molecule has 0 radical (unpaired) electrons. The minimum Gasteiger partial charge on any atom is -0.410 e. The molecule has 1 N–H and O–H groups in total. The molecule has 9 heteroatoms. The number of aromatic nitrogens is 2. The lowest BCUT2D eigenvalue weighted by Gasteiger charge is -2.51. The van der Waals surface area contributed by atoms with E-state index in [0.717, 1.165) is 66.0 Å². The summed E-state index contributed by atoms with van der Waals surface area (Å²) in [5, 5.41) is 12.0. The first kappa shape index (κ1) is 31.4. The lowest BCUT2D eigenvalue weighted by atomic mass is 9.59. The Hall–Kier alpha value is -2.07. The number of alkyl halides is 3. The maximum Gasteiger partial charge on any atom is 0.417 e. The monoisotopic (exact) mass is 602 g/mol. The van der Waals surface area contributed by atoms with Crippen LogP contribution in [0.3, 0.4) is 0 Å². The number of hydrogen-bond donors (Lipinski definition) is 1. The van der Waals surface area contributed by atoms with Gasteiger partial charge in [-0.2, -0.15) is 13.2 Å². The highest BCUT2D eigenvalue weighted by Gasteiger charge is 2.49. The van der Waals surface area contributed by atoms with E-state index in [2.05, 4.69) is 58.8 Å². The van der Waals surface area contributed by atoms with Crippen molar-refractivity contribution in [1.82, 2.24) is 9.97 Å². The molecule has 2 aromatic heterocycles. The standard InChI is InChI=1S/C33H45F3N2O3Si/c1-20(2)29-28(30(39)23-10-9-22(19-37-23)33(34,35)36)26(21-11-15-40-16-12-21)27-24(38-29)17-32(13-8-14-32)18-25(27)41-42(6,7)31(3,4)5/h9-11,19-20,25,30,39H,8,12-18H2,1-7H3/t25?,30-/m1/s1. The summed E-state index contributed by atoms with van der Waals surface area (Å²) in [6, 6.07) is 2.27. The van der Waals surface area contributed by atoms with Crippen molar-refractivity contribution in [2.75, 3.05) is 13.2 Å². The molecule has 230 valence electrons. The third-order valence-electron chi connectivity index (χ3n) is 10.0. The summed E-state index contributed by atoms with van der Waals surface area (Å²) in [6.45, 7) is 16.4. The van der Waals surface area contributed by atoms with Crippen LogP contribution in [0, 0.1) is 5.41 Å². The van der Waals surface area contributed by atoms with Gasteiger partial charge in [0, 0.05) is 23.0 Å². The molecule has 0 bridgehead atoms. The van der Waals surface area contributed by atoms with Gasteiger partial charge in [-0.25, -0.2) is 0 Å². The molecule has 0 amide bonds. The van der Waals surface area contributed by atoms with Crippen LogP contribution in [-0.4, -0.2) is 36.6 Å². The zero-order valence-corrected chi connectivity index (χ0v) is 27.0. The van der Waals surface area contributed by atoms with Crippen molar-refractivity contribution < 1.29 is 27.4 Å². The normalized spacial score (nSPS) is 21.6. The van der Waals surface area contributed by atoms with E-state index in [4.69, 9.17) is 14.1 Å². The van der Waals surface area contributed by atoms with Crippen LogP contribution in [0.1, 0.15) is 124 Å². The number of aliphatic hydroxyl groups excluding tert-OH is 1. The Morgan fingerprint density at radius 3 is 2.36 bits per heavy atom. The third kappa shape index (κ3) is 5.86. The molecule has 2 aliphatic carbocycles. The molecule has 2 aromatic rings. The van der Waals surface area contributed by atoms with E-state index in [0.29, 0.717) is 25.2 Å². The zero-order chi connectivity index (χ0) is 30.7. The molecule has 1 aliphatic heterocycles. The number of hydrogen-bond acceptors (Lipinski definition) is 5. The second kappa shape index (κ2) is 11.1. The smallest absolute Gasteiger partial charge is 0.410 e. The molecule has 1 saturated carbocycles. The second-order valence-corrected chi connectivity index (χ2v) is 19.1. The number of ether oxygens (including phenoxy) is 1. The summed E-state index contributed by atoms with van der Waals surface area (Å²) in [4.78, 5) is 9.41. The fraction of sp³-hybridized carbons (Fsp3) is 0.636. The minimum atomic E-state index is -4.50. The van der Waals surface area contributed by atoms with Gasteiger partial charge in [0.05, 0.1) is 36.3 Å². The van der Waals surface area contributed by atoms with Crippen molar-refractivity contribution in [3.8, 4) is 0 Å². The number of halogens is 3. The van der Waals surface area contributed by atoms with Crippen LogP contribution in [0.4, 0.5) is 13.2 Å². The average Bonchev–Trinajstić information content (AvgIpc) is 2.89. The van der Waals surface area contributed by atoms with E-state index in [1.807, 2.05) is 0 Å². The van der Waals surface area contributed by atoms with Gasteiger partial charge < -0.3 is 14.3 Å². The van der Waals surface area contributed by atoms with Crippen molar-refractivity contribution in [3.63, 3.8) is 0 Å². The largest absolute Gasteiger partial charge is 0.417 e. The first-order chi connectivity index (χ1) is 19.5. The van der Waals surface area contributed by atoms with Crippen LogP contribution in [0.15, 0.2) is 24.4 Å². The highest BCUT2D eigenvalue weighted by Crippen LogP contribution is 2.57. The molecule has 0 saturated heterocycles. The highest BCUT2D eigenvalue weighted by atomic mass is 28.4.